The van der Waals surface area contributed by atoms with Gasteiger partial charge in [-0.2, -0.15) is 0 Å². The maximum Gasteiger partial charge on any atom is 0.354 e. The van der Waals surface area contributed by atoms with E-state index in [-0.39, 0.29) is 29.8 Å². The van der Waals surface area contributed by atoms with Crippen molar-refractivity contribution in [3.8, 4) is 0 Å². The Hall–Kier alpha value is -2.37. The smallest absolute Gasteiger partial charge is 0.354 e. The normalized spacial score (nSPS) is 12.0. The van der Waals surface area contributed by atoms with Crippen LogP contribution >= 0.6 is 0 Å². The average Bonchev–Trinajstić information content (AvgIpc) is 2.84. The quantitative estimate of drug-likeness (QED) is 0.472. The molecule has 1 heterocycles. The van der Waals surface area contributed by atoms with Crippen molar-refractivity contribution in [2.24, 2.45) is 5.92 Å². The number of nitrogens with one attached hydrogen (secondary N) is 1. The van der Waals surface area contributed by atoms with Crippen molar-refractivity contribution in [1.29, 1.82) is 0 Å². The summed E-state index contributed by atoms with van der Waals surface area (Å²) in [6, 6.07) is -0.656. The van der Waals surface area contributed by atoms with Gasteiger partial charge in [-0.05, 0) is 26.3 Å². The molecule has 0 saturated carbocycles. The van der Waals surface area contributed by atoms with Crippen molar-refractivity contribution in [3.63, 3.8) is 0 Å². The molecule has 0 aliphatic carbocycles. The number of rotatable bonds is 7. The second kappa shape index (κ2) is 7.95. The predicted molar refractivity (Wildman–Crippen MR) is 92.1 cm³/mol. The Morgan fingerprint density at radius 3 is 2.29 bits per heavy atom. The molecule has 0 aliphatic rings. The van der Waals surface area contributed by atoms with E-state index in [4.69, 9.17) is 4.74 Å². The second-order valence-electron chi connectivity index (χ2n) is 6.09. The minimum Gasteiger partial charge on any atom is -0.464 e. The zero-order chi connectivity index (χ0) is 18.6. The van der Waals surface area contributed by atoms with Gasteiger partial charge in [-0.15, -0.1) is 6.58 Å². The summed E-state index contributed by atoms with van der Waals surface area (Å²) in [5.41, 5.74) is 1.80. The molecule has 0 aliphatic heterocycles. The number of nitrogens with zero attached hydrogens (tertiary/aromatic N) is 1. The monoisotopic (exact) mass is 334 g/mol. The number of ether oxygens (including phenoxy) is 1. The highest BCUT2D eigenvalue weighted by Crippen LogP contribution is 2.22. The summed E-state index contributed by atoms with van der Waals surface area (Å²) in [5, 5.41) is 0. The number of carbonyl (C=O) groups excluding carboxylic acids is 3. The number of H-pyrrole nitrogens is 1. The van der Waals surface area contributed by atoms with Crippen molar-refractivity contribution < 1.29 is 19.1 Å². The van der Waals surface area contributed by atoms with Crippen LogP contribution in [0.25, 0.3) is 0 Å². The molecule has 1 aromatic rings. The lowest BCUT2D eigenvalue weighted by molar-refractivity contribution is -0.135. The van der Waals surface area contributed by atoms with Gasteiger partial charge in [0.05, 0.1) is 13.2 Å². The molecule has 1 amide bonds. The van der Waals surface area contributed by atoms with Gasteiger partial charge in [-0.25, -0.2) is 4.79 Å². The fourth-order valence-electron chi connectivity index (χ4n) is 2.69. The summed E-state index contributed by atoms with van der Waals surface area (Å²) >= 11 is 0. The van der Waals surface area contributed by atoms with E-state index in [2.05, 4.69) is 11.6 Å². The van der Waals surface area contributed by atoms with E-state index in [0.29, 0.717) is 16.8 Å². The molecular formula is C18H26N2O4. The average molecular weight is 334 g/mol. The third-order valence-corrected chi connectivity index (χ3v) is 4.02. The standard InChI is InChI=1S/C18H26N2O4/c1-8-9-20(17(22)10(2)3)13(6)16(21)14-11(4)15(18(23)24-7)19-12(14)5/h8,10,13,19H,1,9H2,2-7H3/t13-/m0/s1. The van der Waals surface area contributed by atoms with Crippen LogP contribution in [0.1, 0.15) is 52.9 Å². The van der Waals surface area contributed by atoms with E-state index in [1.165, 1.54) is 12.0 Å². The Bertz CT molecular complexity index is 658. The van der Waals surface area contributed by atoms with Crippen molar-refractivity contribution in [2.45, 2.75) is 40.7 Å². The SMILES string of the molecule is C=CCN(C(=O)C(C)C)[C@@H](C)C(=O)c1c(C)[nH]c(C(=O)OC)c1C. The maximum absolute atomic E-state index is 13.0. The van der Waals surface area contributed by atoms with Gasteiger partial charge >= 0.3 is 5.97 Å². The number of esters is 1. The Kier molecular flexibility index (Phi) is 6.51. The first-order chi connectivity index (χ1) is 11.2. The number of carbonyl (C=O) groups is 3. The zero-order valence-electron chi connectivity index (χ0n) is 15.2. The minimum atomic E-state index is -0.656. The molecule has 6 nitrogen and oxygen atoms in total. The van der Waals surface area contributed by atoms with Crippen LogP contribution in [0.15, 0.2) is 12.7 Å². The molecule has 24 heavy (non-hydrogen) atoms. The molecule has 1 aromatic heterocycles. The summed E-state index contributed by atoms with van der Waals surface area (Å²) in [4.78, 5) is 41.5. The summed E-state index contributed by atoms with van der Waals surface area (Å²) in [7, 11) is 1.29. The van der Waals surface area contributed by atoms with Crippen molar-refractivity contribution in [1.82, 2.24) is 9.88 Å². The van der Waals surface area contributed by atoms with Crippen LogP contribution in [0.3, 0.4) is 0 Å². The first-order valence-corrected chi connectivity index (χ1v) is 7.90. The highest BCUT2D eigenvalue weighted by Gasteiger charge is 2.31. The fourth-order valence-corrected chi connectivity index (χ4v) is 2.69. The topological polar surface area (TPSA) is 79.5 Å². The van der Waals surface area contributed by atoms with Crippen LogP contribution in [0.5, 0.6) is 0 Å². The van der Waals surface area contributed by atoms with Gasteiger partial charge in [0.2, 0.25) is 5.91 Å². The van der Waals surface area contributed by atoms with Gasteiger partial charge in [0.25, 0.3) is 0 Å². The molecule has 0 spiro atoms. The maximum atomic E-state index is 13.0. The van der Waals surface area contributed by atoms with E-state index in [0.717, 1.165) is 0 Å². The number of hydrogen-bond donors (Lipinski definition) is 1. The lowest BCUT2D eigenvalue weighted by Gasteiger charge is -2.29. The third kappa shape index (κ3) is 3.75. The van der Waals surface area contributed by atoms with Crippen LogP contribution in [0.2, 0.25) is 0 Å². The van der Waals surface area contributed by atoms with Gasteiger partial charge in [0.1, 0.15) is 5.69 Å². The van der Waals surface area contributed by atoms with E-state index < -0.39 is 12.0 Å². The Morgan fingerprint density at radius 1 is 1.25 bits per heavy atom. The van der Waals surface area contributed by atoms with Gasteiger partial charge in [-0.3, -0.25) is 9.59 Å². The Morgan fingerprint density at radius 2 is 1.83 bits per heavy atom. The molecule has 0 fully saturated rings. The molecule has 132 valence electrons. The van der Waals surface area contributed by atoms with Crippen LogP contribution in [-0.2, 0) is 9.53 Å². The minimum absolute atomic E-state index is 0.116. The summed E-state index contributed by atoms with van der Waals surface area (Å²) < 4.78 is 4.72. The molecule has 1 N–H and O–H groups in total. The lowest BCUT2D eigenvalue weighted by Crippen LogP contribution is -2.45. The number of aromatic amines is 1. The van der Waals surface area contributed by atoms with Crippen LogP contribution in [0, 0.1) is 19.8 Å². The van der Waals surface area contributed by atoms with E-state index in [1.807, 2.05) is 0 Å². The van der Waals surface area contributed by atoms with Gasteiger partial charge < -0.3 is 14.6 Å². The number of hydrogen-bond acceptors (Lipinski definition) is 4. The first-order valence-electron chi connectivity index (χ1n) is 7.90. The molecule has 0 aromatic carbocycles. The first kappa shape index (κ1) is 19.7. The summed E-state index contributed by atoms with van der Waals surface area (Å²) in [5.74, 6) is -1.08. The van der Waals surface area contributed by atoms with E-state index in [9.17, 15) is 14.4 Å². The highest BCUT2D eigenvalue weighted by molar-refractivity contribution is 6.06. The third-order valence-electron chi connectivity index (χ3n) is 4.02. The second-order valence-corrected chi connectivity index (χ2v) is 6.09. The lowest BCUT2D eigenvalue weighted by atomic mass is 9.99. The van der Waals surface area contributed by atoms with Gasteiger partial charge in [0, 0.05) is 23.7 Å². The summed E-state index contributed by atoms with van der Waals surface area (Å²) in [6.07, 6.45) is 1.60. The van der Waals surface area contributed by atoms with E-state index >= 15 is 0 Å². The van der Waals surface area contributed by atoms with Gasteiger partial charge in [0.15, 0.2) is 5.78 Å². The molecule has 0 unspecified atom stereocenters. The Labute approximate surface area is 142 Å². The number of Topliss-reactive ketones (excluding diaryl/α,β-unsaturated/α-hetero) is 1. The van der Waals surface area contributed by atoms with Crippen molar-refractivity contribution in [2.75, 3.05) is 13.7 Å². The molecule has 0 saturated heterocycles. The molecule has 1 rings (SSSR count). The van der Waals surface area contributed by atoms with E-state index in [1.54, 1.807) is 40.7 Å². The van der Waals surface area contributed by atoms with Crippen LogP contribution in [0.4, 0.5) is 0 Å². The number of aromatic nitrogens is 1. The predicted octanol–water partition coefficient (Wildman–Crippen LogP) is 2.66. The number of ketones is 1. The molecular weight excluding hydrogens is 308 g/mol. The molecule has 6 heteroatoms. The molecule has 0 radical (unpaired) electrons. The Balaban J connectivity index is 3.25. The molecule has 0 bridgehead atoms. The zero-order valence-corrected chi connectivity index (χ0v) is 15.2. The van der Waals surface area contributed by atoms with Crippen LogP contribution in [-0.4, -0.2) is 47.2 Å². The molecule has 1 atom stereocenters. The van der Waals surface area contributed by atoms with Crippen LogP contribution < -0.4 is 0 Å². The largest absolute Gasteiger partial charge is 0.464 e. The van der Waals surface area contributed by atoms with Gasteiger partial charge in [-0.1, -0.05) is 19.9 Å². The summed E-state index contributed by atoms with van der Waals surface area (Å²) in [6.45, 7) is 12.6. The number of amides is 1. The highest BCUT2D eigenvalue weighted by atomic mass is 16.5. The van der Waals surface area contributed by atoms with Crippen molar-refractivity contribution in [3.05, 3.63) is 35.2 Å². The number of aryl methyl sites for hydroxylation is 1. The fraction of sp³-hybridized carbons (Fsp3) is 0.500. The van der Waals surface area contributed by atoms with Crippen molar-refractivity contribution >= 4 is 17.7 Å². The number of methoxy groups -OCH3 is 1.